The van der Waals surface area contributed by atoms with Gasteiger partial charge in [0.25, 0.3) is 0 Å². The van der Waals surface area contributed by atoms with E-state index in [2.05, 4.69) is 51.7 Å². The molecule has 4 heteroatoms. The smallest absolute Gasteiger partial charge is 0.119 e. The van der Waals surface area contributed by atoms with E-state index >= 15 is 0 Å². The molecule has 1 saturated carbocycles. The van der Waals surface area contributed by atoms with Crippen molar-refractivity contribution in [2.75, 3.05) is 39.8 Å². The number of hydrogen-bond donors (Lipinski definition) is 0. The van der Waals surface area contributed by atoms with Crippen molar-refractivity contribution < 1.29 is 4.74 Å². The standard InChI is InChI=1S/C24H39BrN2O/c1-4-27(5-2)22-8-6-19(7-9-22)12-14-26-15-13-20(18-26)16-21-17-23(28-3)10-11-24(21)25/h10-11,17,19-20,22H,4-9,12-16,18H2,1-3H3/t19-,20?,22-. The molecule has 0 amide bonds. The Morgan fingerprint density at radius 3 is 2.50 bits per heavy atom. The first-order valence-electron chi connectivity index (χ1n) is 11.4. The highest BCUT2D eigenvalue weighted by Gasteiger charge is 2.27. The van der Waals surface area contributed by atoms with E-state index in [4.69, 9.17) is 4.74 Å². The molecule has 28 heavy (non-hydrogen) atoms. The third-order valence-electron chi connectivity index (χ3n) is 7.13. The summed E-state index contributed by atoms with van der Waals surface area (Å²) in [5.41, 5.74) is 1.39. The number of likely N-dealkylation sites (tertiary alicyclic amines) is 1. The highest BCUT2D eigenvalue weighted by Crippen LogP contribution is 2.31. The van der Waals surface area contributed by atoms with Gasteiger partial charge in [0.2, 0.25) is 0 Å². The highest BCUT2D eigenvalue weighted by atomic mass is 79.9. The quantitative estimate of drug-likeness (QED) is 0.485. The Balaban J connectivity index is 1.39. The number of benzene rings is 1. The summed E-state index contributed by atoms with van der Waals surface area (Å²) in [5, 5.41) is 0. The van der Waals surface area contributed by atoms with Gasteiger partial charge in [-0.1, -0.05) is 29.8 Å². The van der Waals surface area contributed by atoms with Crippen molar-refractivity contribution in [1.29, 1.82) is 0 Å². The zero-order valence-corrected chi connectivity index (χ0v) is 19.7. The predicted octanol–water partition coefficient (Wildman–Crippen LogP) is 5.61. The fourth-order valence-corrected chi connectivity index (χ4v) is 5.74. The van der Waals surface area contributed by atoms with Gasteiger partial charge in [0.05, 0.1) is 7.11 Å². The first-order valence-corrected chi connectivity index (χ1v) is 12.2. The molecule has 1 atom stereocenters. The number of nitrogens with zero attached hydrogens (tertiary/aromatic N) is 2. The molecule has 2 aliphatic rings. The Hall–Kier alpha value is -0.580. The zero-order valence-electron chi connectivity index (χ0n) is 18.1. The molecule has 1 heterocycles. The van der Waals surface area contributed by atoms with Crippen LogP contribution in [0.1, 0.15) is 57.9 Å². The summed E-state index contributed by atoms with van der Waals surface area (Å²) in [6.07, 6.45) is 9.60. The Morgan fingerprint density at radius 1 is 1.07 bits per heavy atom. The first kappa shape index (κ1) is 22.1. The second-order valence-electron chi connectivity index (χ2n) is 8.80. The van der Waals surface area contributed by atoms with E-state index in [1.807, 2.05) is 6.07 Å². The molecule has 0 spiro atoms. The van der Waals surface area contributed by atoms with Gasteiger partial charge in [-0.25, -0.2) is 0 Å². The van der Waals surface area contributed by atoms with Crippen LogP contribution >= 0.6 is 15.9 Å². The van der Waals surface area contributed by atoms with Gasteiger partial charge >= 0.3 is 0 Å². The third kappa shape index (κ3) is 5.96. The van der Waals surface area contributed by atoms with Crippen LogP contribution < -0.4 is 4.74 Å². The molecule has 0 radical (unpaired) electrons. The highest BCUT2D eigenvalue weighted by molar-refractivity contribution is 9.10. The Morgan fingerprint density at radius 2 is 1.82 bits per heavy atom. The zero-order chi connectivity index (χ0) is 19.9. The van der Waals surface area contributed by atoms with E-state index < -0.39 is 0 Å². The van der Waals surface area contributed by atoms with Crippen molar-refractivity contribution in [1.82, 2.24) is 9.80 Å². The van der Waals surface area contributed by atoms with E-state index in [9.17, 15) is 0 Å². The van der Waals surface area contributed by atoms with Crippen LogP contribution in [-0.4, -0.2) is 55.7 Å². The molecule has 3 nitrogen and oxygen atoms in total. The van der Waals surface area contributed by atoms with Gasteiger partial charge < -0.3 is 14.5 Å². The second-order valence-corrected chi connectivity index (χ2v) is 9.66. The van der Waals surface area contributed by atoms with Gasteiger partial charge in [0.1, 0.15) is 5.75 Å². The topological polar surface area (TPSA) is 15.7 Å². The third-order valence-corrected chi connectivity index (χ3v) is 7.90. The average Bonchev–Trinajstić information content (AvgIpc) is 3.17. The van der Waals surface area contributed by atoms with Gasteiger partial charge in [-0.05, 0) is 107 Å². The maximum Gasteiger partial charge on any atom is 0.119 e. The Kier molecular flexibility index (Phi) is 8.68. The van der Waals surface area contributed by atoms with E-state index in [1.54, 1.807) is 7.11 Å². The molecular formula is C24H39BrN2O. The molecule has 2 fully saturated rings. The molecule has 1 aromatic rings. The van der Waals surface area contributed by atoms with Crippen molar-refractivity contribution >= 4 is 15.9 Å². The lowest BCUT2D eigenvalue weighted by molar-refractivity contribution is 0.141. The minimum absolute atomic E-state index is 0.779. The lowest BCUT2D eigenvalue weighted by Crippen LogP contribution is -2.38. The lowest BCUT2D eigenvalue weighted by Gasteiger charge is -2.36. The summed E-state index contributed by atoms with van der Waals surface area (Å²) >= 11 is 3.72. The predicted molar refractivity (Wildman–Crippen MR) is 122 cm³/mol. The average molecular weight is 451 g/mol. The molecule has 0 N–H and O–H groups in total. The molecule has 0 aromatic heterocycles. The van der Waals surface area contributed by atoms with Crippen molar-refractivity contribution in [3.63, 3.8) is 0 Å². The van der Waals surface area contributed by atoms with Crippen LogP contribution in [-0.2, 0) is 6.42 Å². The fraction of sp³-hybridized carbons (Fsp3) is 0.750. The molecule has 1 aromatic carbocycles. The van der Waals surface area contributed by atoms with E-state index in [0.717, 1.165) is 30.0 Å². The molecular weight excluding hydrogens is 412 g/mol. The van der Waals surface area contributed by atoms with Crippen LogP contribution in [0.2, 0.25) is 0 Å². The molecule has 0 bridgehead atoms. The molecule has 3 rings (SSSR count). The number of rotatable bonds is 9. The summed E-state index contributed by atoms with van der Waals surface area (Å²) < 4.78 is 6.62. The molecule has 1 saturated heterocycles. The van der Waals surface area contributed by atoms with Crippen molar-refractivity contribution in [3.05, 3.63) is 28.2 Å². The van der Waals surface area contributed by atoms with E-state index in [1.165, 1.54) is 81.3 Å². The minimum atomic E-state index is 0.779. The normalized spacial score (nSPS) is 26.1. The van der Waals surface area contributed by atoms with Gasteiger partial charge in [0, 0.05) is 17.1 Å². The van der Waals surface area contributed by atoms with Crippen LogP contribution in [0.15, 0.2) is 22.7 Å². The summed E-state index contributed by atoms with van der Waals surface area (Å²) in [5.74, 6) is 2.70. The van der Waals surface area contributed by atoms with Gasteiger partial charge in [0.15, 0.2) is 0 Å². The van der Waals surface area contributed by atoms with Gasteiger partial charge in [-0.2, -0.15) is 0 Å². The monoisotopic (exact) mass is 450 g/mol. The molecule has 1 aliphatic carbocycles. The summed E-state index contributed by atoms with van der Waals surface area (Å²) in [6.45, 7) is 10.9. The van der Waals surface area contributed by atoms with E-state index in [0.29, 0.717) is 0 Å². The fourth-order valence-electron chi connectivity index (χ4n) is 5.33. The number of methoxy groups -OCH3 is 1. The maximum absolute atomic E-state index is 5.40. The van der Waals surface area contributed by atoms with Crippen molar-refractivity contribution in [3.8, 4) is 5.75 Å². The van der Waals surface area contributed by atoms with Gasteiger partial charge in [-0.3, -0.25) is 0 Å². The number of halogens is 1. The number of hydrogen-bond acceptors (Lipinski definition) is 3. The summed E-state index contributed by atoms with van der Waals surface area (Å²) in [4.78, 5) is 5.38. The molecule has 158 valence electrons. The van der Waals surface area contributed by atoms with Crippen molar-refractivity contribution in [2.45, 2.75) is 64.8 Å². The largest absolute Gasteiger partial charge is 0.497 e. The van der Waals surface area contributed by atoms with Crippen LogP contribution in [0.4, 0.5) is 0 Å². The van der Waals surface area contributed by atoms with Crippen LogP contribution in [0.25, 0.3) is 0 Å². The summed E-state index contributed by atoms with van der Waals surface area (Å²) in [6, 6.07) is 7.20. The SMILES string of the molecule is CCN(CC)[C@H]1CC[C@H](CCN2CCC(Cc3cc(OC)ccc3Br)C2)CC1. The van der Waals surface area contributed by atoms with Gasteiger partial charge in [-0.15, -0.1) is 0 Å². The minimum Gasteiger partial charge on any atom is -0.497 e. The molecule has 1 unspecified atom stereocenters. The maximum atomic E-state index is 5.40. The van der Waals surface area contributed by atoms with Crippen LogP contribution in [0.5, 0.6) is 5.75 Å². The Bertz CT molecular complexity index is 596. The van der Waals surface area contributed by atoms with E-state index in [-0.39, 0.29) is 0 Å². The summed E-state index contributed by atoms with van der Waals surface area (Å²) in [7, 11) is 1.75. The molecule has 1 aliphatic heterocycles. The van der Waals surface area contributed by atoms with Crippen LogP contribution in [0, 0.1) is 11.8 Å². The lowest BCUT2D eigenvalue weighted by atomic mass is 9.83. The van der Waals surface area contributed by atoms with Crippen LogP contribution in [0.3, 0.4) is 0 Å². The van der Waals surface area contributed by atoms with Crippen molar-refractivity contribution in [2.24, 2.45) is 11.8 Å². The number of ether oxygens (including phenoxy) is 1. The Labute approximate surface area is 180 Å². The second kappa shape index (κ2) is 11.0. The first-order chi connectivity index (χ1) is 13.6.